The largest absolute Gasteiger partial charge is 0.480 e. The minimum Gasteiger partial charge on any atom is -0.480 e. The second-order valence-corrected chi connectivity index (χ2v) is 7.49. The maximum absolute atomic E-state index is 13.2. The fourth-order valence-electron chi connectivity index (χ4n) is 3.74. The topological polar surface area (TPSA) is 89.9 Å². The number of halogens is 1. The van der Waals surface area contributed by atoms with E-state index in [1.165, 1.54) is 0 Å². The van der Waals surface area contributed by atoms with Crippen molar-refractivity contribution in [1.82, 2.24) is 15.1 Å². The van der Waals surface area contributed by atoms with Crippen molar-refractivity contribution >= 4 is 29.4 Å². The molecular formula is C18H22ClN3O4. The Hall–Kier alpha value is -2.12. The van der Waals surface area contributed by atoms with E-state index in [1.54, 1.807) is 21.9 Å². The van der Waals surface area contributed by atoms with E-state index >= 15 is 0 Å². The SMILES string of the molecule is O=C(O)CN1CC(Cc2ccc(Cl)cc2)(C(=O)N2CCCNC(=O)C2)C1. The highest BCUT2D eigenvalue weighted by Crippen LogP contribution is 2.36. The van der Waals surface area contributed by atoms with Crippen molar-refractivity contribution < 1.29 is 19.5 Å². The molecule has 8 heteroatoms. The zero-order valence-corrected chi connectivity index (χ0v) is 15.2. The Morgan fingerprint density at radius 3 is 2.58 bits per heavy atom. The monoisotopic (exact) mass is 379 g/mol. The zero-order chi connectivity index (χ0) is 18.7. The Balaban J connectivity index is 1.78. The van der Waals surface area contributed by atoms with Crippen molar-refractivity contribution in [2.75, 3.05) is 39.3 Å². The molecule has 2 fully saturated rings. The number of likely N-dealkylation sites (tertiary alicyclic amines) is 1. The molecule has 0 unspecified atom stereocenters. The van der Waals surface area contributed by atoms with Crippen LogP contribution in [-0.4, -0.2) is 72.0 Å². The van der Waals surface area contributed by atoms with Crippen LogP contribution in [0.2, 0.25) is 5.02 Å². The number of carbonyl (C=O) groups is 3. The van der Waals surface area contributed by atoms with Crippen LogP contribution in [0.4, 0.5) is 0 Å². The van der Waals surface area contributed by atoms with Crippen LogP contribution in [0.5, 0.6) is 0 Å². The van der Waals surface area contributed by atoms with Crippen molar-refractivity contribution in [3.63, 3.8) is 0 Å². The van der Waals surface area contributed by atoms with Crippen molar-refractivity contribution in [3.05, 3.63) is 34.9 Å². The molecule has 0 radical (unpaired) electrons. The molecule has 1 aromatic carbocycles. The van der Waals surface area contributed by atoms with E-state index in [1.807, 2.05) is 12.1 Å². The highest BCUT2D eigenvalue weighted by Gasteiger charge is 2.51. The third-order valence-corrected chi connectivity index (χ3v) is 5.12. The molecular weight excluding hydrogens is 358 g/mol. The van der Waals surface area contributed by atoms with E-state index < -0.39 is 11.4 Å². The first-order valence-electron chi connectivity index (χ1n) is 8.63. The second-order valence-electron chi connectivity index (χ2n) is 7.05. The van der Waals surface area contributed by atoms with Crippen LogP contribution in [0.25, 0.3) is 0 Å². The fraction of sp³-hybridized carbons (Fsp3) is 0.500. The van der Waals surface area contributed by atoms with E-state index in [-0.39, 0.29) is 24.9 Å². The van der Waals surface area contributed by atoms with Crippen LogP contribution in [0, 0.1) is 5.41 Å². The third-order valence-electron chi connectivity index (χ3n) is 4.87. The standard InChI is InChI=1S/C18H22ClN3O4/c19-14-4-2-13(3-5-14)8-18(11-21(12-18)10-16(24)25)17(26)22-7-1-6-20-15(23)9-22/h2-5H,1,6-12H2,(H,20,23)(H,24,25). The molecule has 140 valence electrons. The summed E-state index contributed by atoms with van der Waals surface area (Å²) in [5, 5.41) is 12.4. The van der Waals surface area contributed by atoms with Crippen LogP contribution >= 0.6 is 11.6 Å². The van der Waals surface area contributed by atoms with Crippen molar-refractivity contribution in [1.29, 1.82) is 0 Å². The van der Waals surface area contributed by atoms with Crippen molar-refractivity contribution in [3.8, 4) is 0 Å². The minimum absolute atomic E-state index is 0.0557. The maximum atomic E-state index is 13.2. The fourth-order valence-corrected chi connectivity index (χ4v) is 3.87. The van der Waals surface area contributed by atoms with Crippen molar-refractivity contribution in [2.24, 2.45) is 5.41 Å². The first-order valence-corrected chi connectivity index (χ1v) is 9.00. The molecule has 0 aromatic heterocycles. The Bertz CT molecular complexity index is 701. The summed E-state index contributed by atoms with van der Waals surface area (Å²) in [6.45, 7) is 1.81. The summed E-state index contributed by atoms with van der Waals surface area (Å²) in [5.74, 6) is -1.14. The second kappa shape index (κ2) is 7.63. The number of benzene rings is 1. The van der Waals surface area contributed by atoms with Gasteiger partial charge in [0.1, 0.15) is 0 Å². The third kappa shape index (κ3) is 4.16. The van der Waals surface area contributed by atoms with Gasteiger partial charge in [0.05, 0.1) is 18.5 Å². The number of carbonyl (C=O) groups excluding carboxylic acids is 2. The average molecular weight is 380 g/mol. The van der Waals surface area contributed by atoms with Gasteiger partial charge in [-0.25, -0.2) is 0 Å². The molecule has 1 aromatic rings. The molecule has 2 aliphatic rings. The predicted octanol–water partition coefficient (Wildman–Crippen LogP) is 0.618. The molecule has 2 aliphatic heterocycles. The average Bonchev–Trinajstić information content (AvgIpc) is 2.78. The summed E-state index contributed by atoms with van der Waals surface area (Å²) in [5.41, 5.74) is 0.269. The summed E-state index contributed by atoms with van der Waals surface area (Å²) in [6, 6.07) is 7.32. The molecule has 2 heterocycles. The van der Waals surface area contributed by atoms with Gasteiger partial charge >= 0.3 is 5.97 Å². The van der Waals surface area contributed by atoms with Crippen LogP contribution in [0.15, 0.2) is 24.3 Å². The number of rotatable bonds is 5. The van der Waals surface area contributed by atoms with E-state index in [9.17, 15) is 14.4 Å². The first-order chi connectivity index (χ1) is 12.4. The smallest absolute Gasteiger partial charge is 0.317 e. The molecule has 0 atom stereocenters. The number of hydrogen-bond acceptors (Lipinski definition) is 4. The van der Waals surface area contributed by atoms with E-state index in [2.05, 4.69) is 5.32 Å². The summed E-state index contributed by atoms with van der Waals surface area (Å²) < 4.78 is 0. The lowest BCUT2D eigenvalue weighted by Crippen LogP contribution is -2.65. The number of hydrogen-bond donors (Lipinski definition) is 2. The van der Waals surface area contributed by atoms with Gasteiger partial charge in [-0.1, -0.05) is 23.7 Å². The Morgan fingerprint density at radius 1 is 1.23 bits per heavy atom. The number of carboxylic acids is 1. The quantitative estimate of drug-likeness (QED) is 0.782. The molecule has 2 amide bonds. The number of carboxylic acid groups (broad SMARTS) is 1. The number of amides is 2. The lowest BCUT2D eigenvalue weighted by atomic mass is 9.73. The Labute approximate surface area is 156 Å². The molecule has 7 nitrogen and oxygen atoms in total. The van der Waals surface area contributed by atoms with Crippen LogP contribution < -0.4 is 5.32 Å². The van der Waals surface area contributed by atoms with Gasteiger partial charge in [-0.3, -0.25) is 19.3 Å². The van der Waals surface area contributed by atoms with Gasteiger partial charge < -0.3 is 15.3 Å². The molecule has 0 bridgehead atoms. The molecule has 26 heavy (non-hydrogen) atoms. The Morgan fingerprint density at radius 2 is 1.92 bits per heavy atom. The van der Waals surface area contributed by atoms with Gasteiger partial charge in [0.15, 0.2) is 0 Å². The van der Waals surface area contributed by atoms with Gasteiger partial charge in [0, 0.05) is 31.2 Å². The molecule has 2 saturated heterocycles. The Kier molecular flexibility index (Phi) is 5.48. The van der Waals surface area contributed by atoms with Crippen LogP contribution in [-0.2, 0) is 20.8 Å². The molecule has 0 spiro atoms. The number of nitrogens with zero attached hydrogens (tertiary/aromatic N) is 2. The van der Waals surface area contributed by atoms with Gasteiger partial charge in [-0.15, -0.1) is 0 Å². The summed E-state index contributed by atoms with van der Waals surface area (Å²) in [7, 11) is 0. The lowest BCUT2D eigenvalue weighted by molar-refractivity contribution is -0.158. The molecule has 2 N–H and O–H groups in total. The highest BCUT2D eigenvalue weighted by molar-refractivity contribution is 6.30. The molecule has 3 rings (SSSR count). The summed E-state index contributed by atoms with van der Waals surface area (Å²) >= 11 is 5.94. The van der Waals surface area contributed by atoms with E-state index in [0.29, 0.717) is 44.0 Å². The molecule has 0 saturated carbocycles. The number of nitrogens with one attached hydrogen (secondary N) is 1. The number of aliphatic carboxylic acids is 1. The summed E-state index contributed by atoms with van der Waals surface area (Å²) in [4.78, 5) is 39.4. The highest BCUT2D eigenvalue weighted by atomic mass is 35.5. The maximum Gasteiger partial charge on any atom is 0.317 e. The molecule has 0 aliphatic carbocycles. The van der Waals surface area contributed by atoms with Gasteiger partial charge in [-0.05, 0) is 30.5 Å². The van der Waals surface area contributed by atoms with Gasteiger partial charge in [0.25, 0.3) is 0 Å². The minimum atomic E-state index is -0.910. The predicted molar refractivity (Wildman–Crippen MR) is 95.9 cm³/mol. The van der Waals surface area contributed by atoms with E-state index in [0.717, 1.165) is 5.56 Å². The first kappa shape index (κ1) is 18.7. The normalized spacial score (nSPS) is 20.0. The lowest BCUT2D eigenvalue weighted by Gasteiger charge is -2.50. The van der Waals surface area contributed by atoms with Crippen molar-refractivity contribution in [2.45, 2.75) is 12.8 Å². The van der Waals surface area contributed by atoms with Gasteiger partial charge in [-0.2, -0.15) is 0 Å². The van der Waals surface area contributed by atoms with Crippen LogP contribution in [0.1, 0.15) is 12.0 Å². The van der Waals surface area contributed by atoms with Gasteiger partial charge in [0.2, 0.25) is 11.8 Å². The van der Waals surface area contributed by atoms with E-state index in [4.69, 9.17) is 16.7 Å². The van der Waals surface area contributed by atoms with Crippen LogP contribution in [0.3, 0.4) is 0 Å². The summed E-state index contributed by atoms with van der Waals surface area (Å²) in [6.07, 6.45) is 1.21. The zero-order valence-electron chi connectivity index (χ0n) is 14.4.